The van der Waals surface area contributed by atoms with Crippen molar-refractivity contribution in [1.29, 1.82) is 0 Å². The number of aliphatic hydroxyl groups is 1. The van der Waals surface area contributed by atoms with Gasteiger partial charge in [-0.1, -0.05) is 12.1 Å². The minimum atomic E-state index is -0.694. The van der Waals surface area contributed by atoms with Gasteiger partial charge < -0.3 is 20.5 Å². The van der Waals surface area contributed by atoms with Gasteiger partial charge in [-0.2, -0.15) is 0 Å². The molecule has 1 aromatic rings. The molecule has 5 nitrogen and oxygen atoms in total. The fraction of sp³-hybridized carbons (Fsp3) is 0.611. The van der Waals surface area contributed by atoms with Gasteiger partial charge >= 0.3 is 0 Å². The third-order valence-electron chi connectivity index (χ3n) is 4.07. The van der Waals surface area contributed by atoms with E-state index in [1.165, 1.54) is 0 Å². The lowest BCUT2D eigenvalue weighted by atomic mass is 10.0. The summed E-state index contributed by atoms with van der Waals surface area (Å²) in [6.45, 7) is 6.26. The molecule has 1 aliphatic rings. The molecule has 1 amide bonds. The van der Waals surface area contributed by atoms with Crippen molar-refractivity contribution in [1.82, 2.24) is 10.6 Å². The Morgan fingerprint density at radius 1 is 1.39 bits per heavy atom. The highest BCUT2D eigenvalue weighted by Crippen LogP contribution is 2.18. The number of nitrogens with one attached hydrogen (secondary N) is 2. The van der Waals surface area contributed by atoms with Gasteiger partial charge in [0.1, 0.15) is 5.75 Å². The van der Waals surface area contributed by atoms with Gasteiger partial charge in [0.2, 0.25) is 5.91 Å². The lowest BCUT2D eigenvalue weighted by Crippen LogP contribution is -2.28. The molecule has 2 atom stereocenters. The molecule has 23 heavy (non-hydrogen) atoms. The molecular formula is C18H28N2O3. The number of ether oxygens (including phenoxy) is 1. The monoisotopic (exact) mass is 320 g/mol. The summed E-state index contributed by atoms with van der Waals surface area (Å²) in [6, 6.07) is 7.35. The predicted octanol–water partition coefficient (Wildman–Crippen LogP) is 2.01. The van der Waals surface area contributed by atoms with E-state index in [1.54, 1.807) is 0 Å². The predicted molar refractivity (Wildman–Crippen MR) is 90.4 cm³/mol. The molecule has 1 fully saturated rings. The summed E-state index contributed by atoms with van der Waals surface area (Å²) in [6.07, 6.45) is 2.03. The normalized spacial score (nSPS) is 18.9. The zero-order valence-electron chi connectivity index (χ0n) is 14.0. The summed E-state index contributed by atoms with van der Waals surface area (Å²) in [4.78, 5) is 11.8. The van der Waals surface area contributed by atoms with Crippen LogP contribution in [0.25, 0.3) is 0 Å². The van der Waals surface area contributed by atoms with Gasteiger partial charge in [0.25, 0.3) is 0 Å². The third kappa shape index (κ3) is 6.20. The van der Waals surface area contributed by atoms with E-state index in [2.05, 4.69) is 10.6 Å². The first kappa shape index (κ1) is 17.8. The van der Waals surface area contributed by atoms with E-state index in [0.29, 0.717) is 12.3 Å². The molecule has 5 heteroatoms. The molecule has 3 N–H and O–H groups in total. The van der Waals surface area contributed by atoms with E-state index < -0.39 is 6.10 Å². The smallest absolute Gasteiger partial charge is 0.220 e. The first-order chi connectivity index (χ1) is 11.0. The van der Waals surface area contributed by atoms with Crippen molar-refractivity contribution in [3.05, 3.63) is 29.8 Å². The van der Waals surface area contributed by atoms with Crippen molar-refractivity contribution in [2.75, 3.05) is 19.6 Å². The molecule has 0 aromatic heterocycles. The van der Waals surface area contributed by atoms with Gasteiger partial charge in [0.05, 0.1) is 12.2 Å². The lowest BCUT2D eigenvalue weighted by molar-refractivity contribution is -0.121. The van der Waals surface area contributed by atoms with Crippen molar-refractivity contribution in [2.24, 2.45) is 5.92 Å². The Morgan fingerprint density at radius 2 is 2.13 bits per heavy atom. The van der Waals surface area contributed by atoms with Gasteiger partial charge in [0, 0.05) is 13.0 Å². The van der Waals surface area contributed by atoms with Crippen molar-refractivity contribution < 1.29 is 14.6 Å². The Kier molecular flexibility index (Phi) is 6.86. The summed E-state index contributed by atoms with van der Waals surface area (Å²) >= 11 is 0. The highest BCUT2D eigenvalue weighted by Gasteiger charge is 2.16. The number of benzene rings is 1. The average Bonchev–Trinajstić information content (AvgIpc) is 3.04. The van der Waals surface area contributed by atoms with E-state index in [4.69, 9.17) is 4.74 Å². The van der Waals surface area contributed by atoms with E-state index in [-0.39, 0.29) is 18.6 Å². The van der Waals surface area contributed by atoms with Gasteiger partial charge in [-0.15, -0.1) is 0 Å². The van der Waals surface area contributed by atoms with Crippen LogP contribution in [0.3, 0.4) is 0 Å². The maximum absolute atomic E-state index is 11.8. The zero-order valence-corrected chi connectivity index (χ0v) is 14.0. The molecular weight excluding hydrogens is 292 g/mol. The molecule has 2 unspecified atom stereocenters. The largest absolute Gasteiger partial charge is 0.491 e. The van der Waals surface area contributed by atoms with E-state index in [9.17, 15) is 9.90 Å². The molecule has 2 rings (SSSR count). The maximum atomic E-state index is 11.8. The van der Waals surface area contributed by atoms with Crippen molar-refractivity contribution in [3.8, 4) is 5.75 Å². The standard InChI is InChI=1S/C18H28N2O3/c1-13(2)23-16-6-4-15(5-7-16)17(21)12-20-18(22)8-3-14-9-10-19-11-14/h4-7,13-14,17,19,21H,3,8-12H2,1-2H3,(H,20,22). The van der Waals surface area contributed by atoms with Crippen molar-refractivity contribution in [3.63, 3.8) is 0 Å². The first-order valence-electron chi connectivity index (χ1n) is 8.46. The van der Waals surface area contributed by atoms with Crippen LogP contribution in [-0.4, -0.2) is 36.8 Å². The second-order valence-corrected chi connectivity index (χ2v) is 6.45. The number of carbonyl (C=O) groups excluding carboxylic acids is 1. The SMILES string of the molecule is CC(C)Oc1ccc(C(O)CNC(=O)CCC2CCNC2)cc1. The molecule has 1 saturated heterocycles. The highest BCUT2D eigenvalue weighted by atomic mass is 16.5. The van der Waals surface area contributed by atoms with Crippen LogP contribution in [0.1, 0.15) is 44.8 Å². The van der Waals surface area contributed by atoms with E-state index in [1.807, 2.05) is 38.1 Å². The van der Waals surface area contributed by atoms with Crippen LogP contribution < -0.4 is 15.4 Å². The third-order valence-corrected chi connectivity index (χ3v) is 4.07. The minimum absolute atomic E-state index is 0.00992. The topological polar surface area (TPSA) is 70.6 Å². The van der Waals surface area contributed by atoms with Crippen molar-refractivity contribution in [2.45, 2.75) is 45.3 Å². The maximum Gasteiger partial charge on any atom is 0.220 e. The van der Waals surface area contributed by atoms with Gasteiger partial charge in [0.15, 0.2) is 0 Å². The summed E-state index contributed by atoms with van der Waals surface area (Å²) in [7, 11) is 0. The number of hydrogen-bond acceptors (Lipinski definition) is 4. The average molecular weight is 320 g/mol. The highest BCUT2D eigenvalue weighted by molar-refractivity contribution is 5.75. The molecule has 1 aromatic carbocycles. The number of hydrogen-bond donors (Lipinski definition) is 3. The van der Waals surface area contributed by atoms with Crippen LogP contribution in [0, 0.1) is 5.92 Å². The fourth-order valence-electron chi connectivity index (χ4n) is 2.75. The van der Waals surface area contributed by atoms with Gasteiger partial charge in [-0.05, 0) is 63.4 Å². The van der Waals surface area contributed by atoms with Crippen LogP contribution in [0.5, 0.6) is 5.75 Å². The van der Waals surface area contributed by atoms with Crippen LogP contribution in [-0.2, 0) is 4.79 Å². The zero-order chi connectivity index (χ0) is 16.7. The molecule has 1 aliphatic heterocycles. The molecule has 128 valence electrons. The summed E-state index contributed by atoms with van der Waals surface area (Å²) in [5.74, 6) is 1.40. The van der Waals surface area contributed by atoms with E-state index in [0.717, 1.165) is 37.2 Å². The number of carbonyl (C=O) groups is 1. The summed E-state index contributed by atoms with van der Waals surface area (Å²) in [5, 5.41) is 16.3. The van der Waals surface area contributed by atoms with Gasteiger partial charge in [-0.3, -0.25) is 4.79 Å². The van der Waals surface area contributed by atoms with Crippen LogP contribution in [0.15, 0.2) is 24.3 Å². The van der Waals surface area contributed by atoms with Crippen LogP contribution >= 0.6 is 0 Å². The van der Waals surface area contributed by atoms with Gasteiger partial charge in [-0.25, -0.2) is 0 Å². The quantitative estimate of drug-likeness (QED) is 0.685. The van der Waals surface area contributed by atoms with Crippen LogP contribution in [0.4, 0.5) is 0 Å². The molecule has 0 spiro atoms. The summed E-state index contributed by atoms with van der Waals surface area (Å²) in [5.41, 5.74) is 0.779. The fourth-order valence-corrected chi connectivity index (χ4v) is 2.75. The number of aliphatic hydroxyl groups excluding tert-OH is 1. The van der Waals surface area contributed by atoms with Crippen molar-refractivity contribution >= 4 is 5.91 Å². The molecule has 0 saturated carbocycles. The summed E-state index contributed by atoms with van der Waals surface area (Å²) < 4.78 is 5.57. The first-order valence-corrected chi connectivity index (χ1v) is 8.46. The molecule has 0 bridgehead atoms. The lowest BCUT2D eigenvalue weighted by Gasteiger charge is -2.14. The minimum Gasteiger partial charge on any atom is -0.491 e. The second kappa shape index (κ2) is 8.89. The second-order valence-electron chi connectivity index (χ2n) is 6.45. The Labute approximate surface area is 138 Å². The Hall–Kier alpha value is -1.59. The molecule has 0 radical (unpaired) electrons. The number of amides is 1. The number of rotatable bonds is 8. The van der Waals surface area contributed by atoms with Crippen LogP contribution in [0.2, 0.25) is 0 Å². The van der Waals surface area contributed by atoms with E-state index >= 15 is 0 Å². The Morgan fingerprint density at radius 3 is 2.74 bits per heavy atom. The molecule has 0 aliphatic carbocycles. The Bertz CT molecular complexity index is 482. The molecule has 1 heterocycles. The Balaban J connectivity index is 1.70.